The van der Waals surface area contributed by atoms with Crippen LogP contribution in [-0.2, 0) is 20.8 Å². The van der Waals surface area contributed by atoms with E-state index in [9.17, 15) is 34.8 Å². The number of hydrogen-bond acceptors (Lipinski definition) is 7. The van der Waals surface area contributed by atoms with Crippen LogP contribution in [0.3, 0.4) is 0 Å². The van der Waals surface area contributed by atoms with Crippen LogP contribution in [0.5, 0.6) is 5.75 Å². The summed E-state index contributed by atoms with van der Waals surface area (Å²) in [6.45, 7) is 9.41. The number of carbonyl (C=O) groups is 3. The van der Waals surface area contributed by atoms with Crippen LogP contribution in [0, 0.1) is 17.3 Å². The smallest absolute Gasteiger partial charge is 0.202 e. The average molecular weight is 469 g/mol. The van der Waals surface area contributed by atoms with E-state index in [4.69, 9.17) is 0 Å². The van der Waals surface area contributed by atoms with E-state index in [2.05, 4.69) is 0 Å². The molecule has 4 N–H and O–H groups in total. The fourth-order valence-electron chi connectivity index (χ4n) is 5.79. The topological polar surface area (TPSA) is 132 Å². The summed E-state index contributed by atoms with van der Waals surface area (Å²) in [6, 6.07) is 3.26. The normalized spacial score (nSPS) is 27.0. The van der Waals surface area contributed by atoms with Crippen molar-refractivity contribution in [3.8, 4) is 5.75 Å². The van der Waals surface area contributed by atoms with E-state index in [0.29, 0.717) is 6.42 Å². The molecule has 1 fully saturated rings. The van der Waals surface area contributed by atoms with Gasteiger partial charge in [-0.15, -0.1) is 0 Å². The Morgan fingerprint density at radius 2 is 1.76 bits per heavy atom. The molecule has 0 bridgehead atoms. The zero-order valence-electron chi connectivity index (χ0n) is 20.2. The number of fused-ring (bicyclic) bond motifs is 3. The van der Waals surface area contributed by atoms with E-state index in [-0.39, 0.29) is 42.1 Å². The predicted octanol–water partition coefficient (Wildman–Crippen LogP) is 4.07. The minimum atomic E-state index is -2.47. The summed E-state index contributed by atoms with van der Waals surface area (Å²) in [4.78, 5) is 39.4. The molecule has 3 aliphatic rings. The number of allylic oxidation sites excluding steroid dienone is 1. The number of ketones is 3. The summed E-state index contributed by atoms with van der Waals surface area (Å²) in [5.74, 6) is -4.93. The highest BCUT2D eigenvalue weighted by molar-refractivity contribution is 6.23. The van der Waals surface area contributed by atoms with Crippen molar-refractivity contribution in [2.75, 3.05) is 0 Å². The highest BCUT2D eigenvalue weighted by Gasteiger charge is 2.60. The summed E-state index contributed by atoms with van der Waals surface area (Å²) in [7, 11) is 0. The van der Waals surface area contributed by atoms with Crippen LogP contribution in [0.2, 0.25) is 0 Å². The highest BCUT2D eigenvalue weighted by atomic mass is 16.3. The van der Waals surface area contributed by atoms with Crippen LogP contribution in [0.1, 0.15) is 76.5 Å². The van der Waals surface area contributed by atoms with E-state index in [1.165, 1.54) is 6.07 Å². The largest absolute Gasteiger partial charge is 0.508 e. The Morgan fingerprint density at radius 1 is 1.12 bits per heavy atom. The Hall–Kier alpha value is -2.93. The lowest BCUT2D eigenvalue weighted by molar-refractivity contribution is -0.147. The van der Waals surface area contributed by atoms with Gasteiger partial charge in [-0.2, -0.15) is 0 Å². The zero-order chi connectivity index (χ0) is 25.3. The second-order valence-electron chi connectivity index (χ2n) is 11.4. The molecule has 3 atom stereocenters. The number of phenolic OH excluding ortho intramolecular Hbond substituents is 1. The number of phenols is 1. The van der Waals surface area contributed by atoms with Gasteiger partial charge in [0.05, 0.1) is 5.56 Å². The first-order chi connectivity index (χ1) is 15.7. The van der Waals surface area contributed by atoms with Gasteiger partial charge >= 0.3 is 0 Å². The molecule has 0 radical (unpaired) electrons. The monoisotopic (exact) mass is 468 g/mol. The molecule has 182 valence electrons. The first kappa shape index (κ1) is 24.2. The van der Waals surface area contributed by atoms with Crippen molar-refractivity contribution in [1.82, 2.24) is 0 Å². The standard InChI is InChI=1S/C27H32O7/c1-12(2)15-6-7-17(28)21-16(15)9-13-8-14-10-18(29)22(19(30)11-26(3,4)5)25(33)27(14,34)24(32)20(13)23(21)31/h6-7,12-14,28,31,33-34H,8-11H2,1-5H3. The van der Waals surface area contributed by atoms with Gasteiger partial charge in [0.25, 0.3) is 0 Å². The summed E-state index contributed by atoms with van der Waals surface area (Å²) < 4.78 is 0. The minimum Gasteiger partial charge on any atom is -0.508 e. The number of aromatic hydroxyl groups is 1. The van der Waals surface area contributed by atoms with E-state index in [1.807, 2.05) is 34.6 Å². The third kappa shape index (κ3) is 3.49. The number of aliphatic hydroxyl groups excluding tert-OH is 2. The maximum atomic E-state index is 13.7. The Labute approximate surface area is 198 Å². The number of rotatable bonds is 3. The zero-order valence-corrected chi connectivity index (χ0v) is 20.2. The predicted molar refractivity (Wildman–Crippen MR) is 125 cm³/mol. The maximum Gasteiger partial charge on any atom is 0.202 e. The van der Waals surface area contributed by atoms with E-state index >= 15 is 0 Å². The van der Waals surface area contributed by atoms with Crippen LogP contribution in [-0.4, -0.2) is 43.4 Å². The fourth-order valence-corrected chi connectivity index (χ4v) is 5.79. The molecule has 3 aliphatic carbocycles. The lowest BCUT2D eigenvalue weighted by atomic mass is 9.58. The minimum absolute atomic E-state index is 0.0388. The van der Waals surface area contributed by atoms with Crippen molar-refractivity contribution < 1.29 is 34.8 Å². The van der Waals surface area contributed by atoms with Gasteiger partial charge in [0.15, 0.2) is 17.2 Å². The Kier molecular flexibility index (Phi) is 5.55. The molecule has 34 heavy (non-hydrogen) atoms. The quantitative estimate of drug-likeness (QED) is 0.492. The molecule has 3 unspecified atom stereocenters. The van der Waals surface area contributed by atoms with Gasteiger partial charge in [-0.05, 0) is 47.3 Å². The molecule has 0 amide bonds. The first-order valence-corrected chi connectivity index (χ1v) is 11.7. The van der Waals surface area contributed by atoms with Crippen LogP contribution >= 0.6 is 0 Å². The van der Waals surface area contributed by atoms with Crippen molar-refractivity contribution in [3.63, 3.8) is 0 Å². The van der Waals surface area contributed by atoms with E-state index in [0.717, 1.165) is 11.1 Å². The first-order valence-electron chi connectivity index (χ1n) is 11.7. The molecule has 4 rings (SSSR count). The molecular weight excluding hydrogens is 436 g/mol. The number of aliphatic hydroxyl groups is 3. The summed E-state index contributed by atoms with van der Waals surface area (Å²) in [5.41, 5.74) is -1.71. The van der Waals surface area contributed by atoms with Gasteiger partial charge < -0.3 is 20.4 Å². The van der Waals surface area contributed by atoms with Gasteiger partial charge in [0.2, 0.25) is 5.78 Å². The third-order valence-electron chi connectivity index (χ3n) is 7.33. The second kappa shape index (κ2) is 7.80. The van der Waals surface area contributed by atoms with Gasteiger partial charge in [-0.25, -0.2) is 0 Å². The number of hydrogen-bond donors (Lipinski definition) is 4. The van der Waals surface area contributed by atoms with Gasteiger partial charge in [0, 0.05) is 24.3 Å². The van der Waals surface area contributed by atoms with E-state index in [1.54, 1.807) is 6.07 Å². The van der Waals surface area contributed by atoms with Gasteiger partial charge in [-0.1, -0.05) is 40.7 Å². The molecule has 0 saturated heterocycles. The lowest BCUT2D eigenvalue weighted by Gasteiger charge is -2.46. The molecule has 0 aliphatic heterocycles. The number of benzene rings is 1. The van der Waals surface area contributed by atoms with Crippen molar-refractivity contribution in [1.29, 1.82) is 0 Å². The van der Waals surface area contributed by atoms with Crippen molar-refractivity contribution in [2.45, 2.75) is 71.8 Å². The van der Waals surface area contributed by atoms with Crippen molar-refractivity contribution in [2.24, 2.45) is 17.3 Å². The molecule has 0 heterocycles. The Bertz CT molecular complexity index is 1180. The van der Waals surface area contributed by atoms with Crippen LogP contribution in [0.25, 0.3) is 5.76 Å². The summed E-state index contributed by atoms with van der Waals surface area (Å²) in [5, 5.41) is 44.1. The second-order valence-corrected chi connectivity index (χ2v) is 11.4. The average Bonchev–Trinajstić information content (AvgIpc) is 2.69. The summed E-state index contributed by atoms with van der Waals surface area (Å²) >= 11 is 0. The number of Topliss-reactive ketones (excluding diaryl/α,β-unsaturated/α-hetero) is 3. The van der Waals surface area contributed by atoms with Crippen molar-refractivity contribution >= 4 is 23.1 Å². The highest BCUT2D eigenvalue weighted by Crippen LogP contribution is 2.52. The lowest BCUT2D eigenvalue weighted by Crippen LogP contribution is -2.58. The molecule has 7 nitrogen and oxygen atoms in total. The van der Waals surface area contributed by atoms with Crippen molar-refractivity contribution in [3.05, 3.63) is 45.7 Å². The van der Waals surface area contributed by atoms with Gasteiger partial charge in [-0.3, -0.25) is 14.4 Å². The molecule has 1 aromatic carbocycles. The molecule has 1 aromatic rings. The molecule has 0 aromatic heterocycles. The van der Waals surface area contributed by atoms with Crippen LogP contribution in [0.4, 0.5) is 0 Å². The van der Waals surface area contributed by atoms with E-state index < -0.39 is 57.3 Å². The third-order valence-corrected chi connectivity index (χ3v) is 7.33. The molecule has 7 heteroatoms. The number of carbonyl (C=O) groups excluding carboxylic acids is 3. The molecular formula is C27H32O7. The Balaban J connectivity index is 1.88. The Morgan fingerprint density at radius 3 is 2.35 bits per heavy atom. The maximum absolute atomic E-state index is 13.7. The van der Waals surface area contributed by atoms with Crippen LogP contribution in [0.15, 0.2) is 29.0 Å². The summed E-state index contributed by atoms with van der Waals surface area (Å²) in [6.07, 6.45) is 0.239. The molecule has 0 spiro atoms. The fraction of sp³-hybridized carbons (Fsp3) is 0.519. The van der Waals surface area contributed by atoms with Crippen LogP contribution < -0.4 is 0 Å². The molecule has 1 saturated carbocycles. The SMILES string of the molecule is CC(C)c1ccc(O)c2c1CC1CC3CC(=O)C(C(=O)CC(C)(C)C)=C(O)C3(O)C(=O)C1=C2O. The van der Waals surface area contributed by atoms with Gasteiger partial charge in [0.1, 0.15) is 22.8 Å².